The third-order valence-electron chi connectivity index (χ3n) is 2.62. The fraction of sp³-hybridized carbons (Fsp3) is 0.167. The average molecular weight is 248 g/mol. The molecule has 0 aromatic heterocycles. The molecule has 0 amide bonds. The summed E-state index contributed by atoms with van der Waals surface area (Å²) in [7, 11) is 1.48. The summed E-state index contributed by atoms with van der Waals surface area (Å²) in [5, 5.41) is 20.6. The molecule has 1 aromatic carbocycles. The zero-order valence-corrected chi connectivity index (χ0v) is 9.74. The summed E-state index contributed by atoms with van der Waals surface area (Å²) in [6, 6.07) is 6.62. The van der Waals surface area contributed by atoms with Crippen molar-refractivity contribution in [2.24, 2.45) is 0 Å². The Morgan fingerprint density at radius 3 is 2.72 bits per heavy atom. The van der Waals surface area contributed by atoms with Gasteiger partial charge in [0.05, 0.1) is 17.7 Å². The van der Waals surface area contributed by atoms with Crippen LogP contribution in [-0.2, 0) is 4.74 Å². The van der Waals surface area contributed by atoms with Gasteiger partial charge in [-0.15, -0.1) is 0 Å². The third kappa shape index (κ3) is 2.13. The van der Waals surface area contributed by atoms with Crippen LogP contribution >= 0.6 is 0 Å². The molecule has 0 saturated carbocycles. The summed E-state index contributed by atoms with van der Waals surface area (Å²) in [6.45, 7) is 0.0459. The molecule has 1 aliphatic rings. The summed E-state index contributed by atoms with van der Waals surface area (Å²) in [5.41, 5.74) is 0.511. The van der Waals surface area contributed by atoms with Gasteiger partial charge in [-0.3, -0.25) is 15.0 Å². The Bertz CT molecular complexity index is 537. The molecule has 0 atom stereocenters. The number of allylic oxidation sites excluding steroid dienone is 2. The van der Waals surface area contributed by atoms with E-state index in [-0.39, 0.29) is 18.0 Å². The molecular weight excluding hydrogens is 236 g/mol. The quantitative estimate of drug-likeness (QED) is 0.652. The van der Waals surface area contributed by atoms with Crippen molar-refractivity contribution < 1.29 is 14.8 Å². The molecule has 1 heterocycles. The van der Waals surface area contributed by atoms with Crippen molar-refractivity contribution >= 4 is 5.69 Å². The second-order valence-electron chi connectivity index (χ2n) is 3.70. The summed E-state index contributed by atoms with van der Waals surface area (Å²) < 4.78 is 5.15. The topological polar surface area (TPSA) is 75.8 Å². The lowest BCUT2D eigenvalue weighted by atomic mass is 10.2. The molecule has 1 aliphatic heterocycles. The SMILES string of the molecule is COC1=CC=C([N+](=O)[O-])CN1c1ccccc1O. The second kappa shape index (κ2) is 4.79. The van der Waals surface area contributed by atoms with Crippen LogP contribution in [0.25, 0.3) is 0 Å². The number of ether oxygens (including phenoxy) is 1. The molecule has 1 aromatic rings. The first-order valence-corrected chi connectivity index (χ1v) is 5.28. The fourth-order valence-corrected chi connectivity index (χ4v) is 1.74. The van der Waals surface area contributed by atoms with Crippen LogP contribution in [0.15, 0.2) is 48.0 Å². The van der Waals surface area contributed by atoms with E-state index >= 15 is 0 Å². The van der Waals surface area contributed by atoms with Crippen LogP contribution in [0.2, 0.25) is 0 Å². The molecule has 0 saturated heterocycles. The van der Waals surface area contributed by atoms with Gasteiger partial charge < -0.3 is 9.84 Å². The maximum Gasteiger partial charge on any atom is 0.266 e. The highest BCUT2D eigenvalue weighted by Crippen LogP contribution is 2.31. The minimum Gasteiger partial charge on any atom is -0.506 e. The van der Waals surface area contributed by atoms with Gasteiger partial charge in [-0.05, 0) is 12.1 Å². The molecule has 0 fully saturated rings. The number of aromatic hydroxyl groups is 1. The summed E-state index contributed by atoms with van der Waals surface area (Å²) in [4.78, 5) is 11.9. The number of methoxy groups -OCH3 is 1. The van der Waals surface area contributed by atoms with E-state index in [1.165, 1.54) is 25.3 Å². The number of rotatable bonds is 3. The maximum atomic E-state index is 10.8. The largest absolute Gasteiger partial charge is 0.506 e. The molecule has 0 aliphatic carbocycles. The third-order valence-corrected chi connectivity index (χ3v) is 2.62. The van der Waals surface area contributed by atoms with Gasteiger partial charge >= 0.3 is 0 Å². The Balaban J connectivity index is 2.39. The highest BCUT2D eigenvalue weighted by molar-refractivity contribution is 5.62. The van der Waals surface area contributed by atoms with Crippen LogP contribution in [0.5, 0.6) is 5.75 Å². The normalized spacial score (nSPS) is 14.8. The van der Waals surface area contributed by atoms with Gasteiger partial charge in [0.1, 0.15) is 12.3 Å². The van der Waals surface area contributed by atoms with Gasteiger partial charge in [-0.1, -0.05) is 12.1 Å². The van der Waals surface area contributed by atoms with E-state index in [0.717, 1.165) is 0 Å². The Morgan fingerprint density at radius 2 is 2.11 bits per heavy atom. The number of nitro groups is 1. The molecule has 94 valence electrons. The predicted molar refractivity (Wildman–Crippen MR) is 65.6 cm³/mol. The van der Waals surface area contributed by atoms with Crippen molar-refractivity contribution in [3.8, 4) is 5.75 Å². The van der Waals surface area contributed by atoms with Crippen LogP contribution in [-0.4, -0.2) is 23.7 Å². The number of benzene rings is 1. The predicted octanol–water partition coefficient (Wildman–Crippen LogP) is 1.86. The number of hydrogen-bond acceptors (Lipinski definition) is 5. The van der Waals surface area contributed by atoms with E-state index in [2.05, 4.69) is 0 Å². The maximum absolute atomic E-state index is 10.8. The smallest absolute Gasteiger partial charge is 0.266 e. The lowest BCUT2D eigenvalue weighted by Gasteiger charge is -2.27. The summed E-state index contributed by atoms with van der Waals surface area (Å²) in [6.07, 6.45) is 2.91. The highest BCUT2D eigenvalue weighted by atomic mass is 16.6. The molecule has 6 heteroatoms. The van der Waals surface area contributed by atoms with Gasteiger partial charge in [-0.2, -0.15) is 0 Å². The van der Waals surface area contributed by atoms with Crippen LogP contribution in [0.1, 0.15) is 0 Å². The molecule has 18 heavy (non-hydrogen) atoms. The fourth-order valence-electron chi connectivity index (χ4n) is 1.74. The van der Waals surface area contributed by atoms with E-state index in [1.807, 2.05) is 0 Å². The van der Waals surface area contributed by atoms with Gasteiger partial charge in [0.15, 0.2) is 5.88 Å². The van der Waals surface area contributed by atoms with E-state index in [1.54, 1.807) is 23.1 Å². The van der Waals surface area contributed by atoms with Crippen molar-refractivity contribution in [1.29, 1.82) is 0 Å². The molecule has 0 bridgehead atoms. The summed E-state index contributed by atoms with van der Waals surface area (Å²) in [5.74, 6) is 0.493. The van der Waals surface area contributed by atoms with Crippen molar-refractivity contribution in [3.63, 3.8) is 0 Å². The van der Waals surface area contributed by atoms with Crippen LogP contribution in [0, 0.1) is 10.1 Å². The van der Waals surface area contributed by atoms with E-state index in [0.29, 0.717) is 11.6 Å². The molecule has 6 nitrogen and oxygen atoms in total. The van der Waals surface area contributed by atoms with E-state index in [9.17, 15) is 15.2 Å². The molecular formula is C12H12N2O4. The minimum absolute atomic E-state index is 0.0408. The lowest BCUT2D eigenvalue weighted by molar-refractivity contribution is -0.425. The van der Waals surface area contributed by atoms with E-state index in [4.69, 9.17) is 4.74 Å². The van der Waals surface area contributed by atoms with Crippen molar-refractivity contribution in [1.82, 2.24) is 0 Å². The Hall–Kier alpha value is -2.50. The second-order valence-corrected chi connectivity index (χ2v) is 3.70. The van der Waals surface area contributed by atoms with Gasteiger partial charge in [-0.25, -0.2) is 0 Å². The minimum atomic E-state index is -0.448. The first-order valence-electron chi connectivity index (χ1n) is 5.28. The van der Waals surface area contributed by atoms with Crippen LogP contribution < -0.4 is 4.90 Å². The average Bonchev–Trinajstić information content (AvgIpc) is 2.38. The number of nitrogens with zero attached hydrogens (tertiary/aromatic N) is 2. The molecule has 0 unspecified atom stereocenters. The Morgan fingerprint density at radius 1 is 1.39 bits per heavy atom. The Kier molecular flexibility index (Phi) is 3.18. The van der Waals surface area contributed by atoms with Gasteiger partial charge in [0.2, 0.25) is 0 Å². The molecule has 0 radical (unpaired) electrons. The van der Waals surface area contributed by atoms with Gasteiger partial charge in [0.25, 0.3) is 5.70 Å². The number of phenolic OH excluding ortho intramolecular Hbond substituents is 1. The van der Waals surface area contributed by atoms with Crippen molar-refractivity contribution in [2.45, 2.75) is 0 Å². The summed E-state index contributed by atoms with van der Waals surface area (Å²) >= 11 is 0. The van der Waals surface area contributed by atoms with E-state index < -0.39 is 4.92 Å². The van der Waals surface area contributed by atoms with Gasteiger partial charge in [0, 0.05) is 12.2 Å². The highest BCUT2D eigenvalue weighted by Gasteiger charge is 2.25. The lowest BCUT2D eigenvalue weighted by Crippen LogP contribution is -2.30. The Labute approximate surface area is 104 Å². The van der Waals surface area contributed by atoms with Crippen molar-refractivity contribution in [3.05, 3.63) is 58.1 Å². The number of phenols is 1. The first kappa shape index (κ1) is 12.0. The molecule has 1 N–H and O–H groups in total. The number of anilines is 1. The first-order chi connectivity index (χ1) is 8.63. The van der Waals surface area contributed by atoms with Crippen LogP contribution in [0.3, 0.4) is 0 Å². The van der Waals surface area contributed by atoms with Crippen molar-refractivity contribution in [2.75, 3.05) is 18.6 Å². The standard InChI is InChI=1S/C12H12N2O4/c1-18-12-7-6-9(14(16)17)8-13(12)10-4-2-3-5-11(10)15/h2-7,15H,8H2,1H3. The monoisotopic (exact) mass is 248 g/mol. The number of hydrogen-bond donors (Lipinski definition) is 1. The zero-order chi connectivity index (χ0) is 13.1. The number of para-hydroxylation sites is 2. The molecule has 0 spiro atoms. The van der Waals surface area contributed by atoms with Crippen LogP contribution in [0.4, 0.5) is 5.69 Å². The molecule has 2 rings (SSSR count). The zero-order valence-electron chi connectivity index (χ0n) is 9.74.